The molecule has 0 saturated carbocycles. The van der Waals surface area contributed by atoms with Crippen LogP contribution in [0, 0.1) is 22.7 Å². The third-order valence-corrected chi connectivity index (χ3v) is 7.89. The molecule has 0 radical (unpaired) electrons. The van der Waals surface area contributed by atoms with E-state index in [-0.39, 0.29) is 30.2 Å². The maximum atomic E-state index is 10.8. The highest BCUT2D eigenvalue weighted by Crippen LogP contribution is 2.38. The SMILES string of the molecule is N#Cc1c(N)nc(SCc2csc(-c3ccc(Cl)cc3)n2)c(C#N)c1-c1ccc(OCCOP(=O)(O)O)cc1. The first-order valence-electron chi connectivity index (χ1n) is 11.1. The van der Waals surface area contributed by atoms with Crippen LogP contribution in [0.25, 0.3) is 21.7 Å². The number of hydrogen-bond acceptors (Lipinski definition) is 10. The number of pyridine rings is 1. The Kier molecular flexibility index (Phi) is 9.23. The molecule has 2 aromatic heterocycles. The van der Waals surface area contributed by atoms with Crippen molar-refractivity contribution in [1.29, 1.82) is 10.5 Å². The summed E-state index contributed by atoms with van der Waals surface area (Å²) >= 11 is 8.76. The summed E-state index contributed by atoms with van der Waals surface area (Å²) in [6.07, 6.45) is 0. The van der Waals surface area contributed by atoms with Gasteiger partial charge in [0.1, 0.15) is 45.9 Å². The van der Waals surface area contributed by atoms with Crippen LogP contribution in [0.1, 0.15) is 16.8 Å². The predicted molar refractivity (Wildman–Crippen MR) is 149 cm³/mol. The first-order valence-corrected chi connectivity index (χ1v) is 14.9. The lowest BCUT2D eigenvalue weighted by Gasteiger charge is -2.13. The number of nitrogens with two attached hydrogens (primary N) is 1. The second-order valence-electron chi connectivity index (χ2n) is 7.79. The Morgan fingerprint density at radius 3 is 2.31 bits per heavy atom. The molecule has 0 spiro atoms. The fourth-order valence-corrected chi connectivity index (χ4v) is 5.72. The first kappa shape index (κ1) is 28.6. The van der Waals surface area contributed by atoms with E-state index in [1.54, 1.807) is 36.4 Å². The van der Waals surface area contributed by atoms with Crippen molar-refractivity contribution in [3.05, 3.63) is 75.8 Å². The number of rotatable bonds is 10. The number of benzene rings is 2. The monoisotopic (exact) mass is 599 g/mol. The van der Waals surface area contributed by atoms with E-state index in [0.717, 1.165) is 16.3 Å². The number of halogens is 1. The van der Waals surface area contributed by atoms with Crippen molar-refractivity contribution >= 4 is 48.3 Å². The highest BCUT2D eigenvalue weighted by molar-refractivity contribution is 7.98. The molecule has 0 unspecified atom stereocenters. The van der Waals surface area contributed by atoms with Crippen LogP contribution >= 0.6 is 42.5 Å². The maximum Gasteiger partial charge on any atom is 0.469 e. The van der Waals surface area contributed by atoms with Gasteiger partial charge in [0.05, 0.1) is 17.9 Å². The molecule has 0 bridgehead atoms. The zero-order chi connectivity index (χ0) is 28.0. The van der Waals surface area contributed by atoms with Gasteiger partial charge < -0.3 is 20.3 Å². The summed E-state index contributed by atoms with van der Waals surface area (Å²) in [6.45, 7) is -0.387. The first-order chi connectivity index (χ1) is 18.7. The predicted octanol–water partition coefficient (Wildman–Crippen LogP) is 5.63. The van der Waals surface area contributed by atoms with Gasteiger partial charge >= 0.3 is 7.82 Å². The second kappa shape index (κ2) is 12.6. The van der Waals surface area contributed by atoms with Gasteiger partial charge in [-0.05, 0) is 29.8 Å². The molecule has 4 N–H and O–H groups in total. The maximum absolute atomic E-state index is 10.8. The van der Waals surface area contributed by atoms with E-state index in [9.17, 15) is 15.1 Å². The molecule has 0 aliphatic heterocycles. The third kappa shape index (κ3) is 7.35. The van der Waals surface area contributed by atoms with Crippen molar-refractivity contribution in [3.63, 3.8) is 0 Å². The standard InChI is InChI=1S/C25H19ClN5O5PS2/c26-17-5-1-16(2-6-17)24-30-18(13-38-24)14-39-25-21(12-28)22(20(11-27)23(29)31-25)15-3-7-19(8-4-15)35-9-10-36-37(32,33)34/h1-8,13H,9-10,14H2,(H2,29,31)(H2,32,33,34). The lowest BCUT2D eigenvalue weighted by atomic mass is 9.97. The van der Waals surface area contributed by atoms with E-state index in [1.807, 2.05) is 23.6 Å². The van der Waals surface area contributed by atoms with Gasteiger partial charge in [0.25, 0.3) is 0 Å². The summed E-state index contributed by atoms with van der Waals surface area (Å²) in [5, 5.41) is 23.6. The molecule has 0 saturated heterocycles. The second-order valence-corrected chi connectivity index (χ2v) is 11.3. The molecule has 0 atom stereocenters. The number of anilines is 1. The van der Waals surface area contributed by atoms with Crippen LogP contribution in [-0.4, -0.2) is 33.0 Å². The number of hydrogen-bond donors (Lipinski definition) is 3. The number of phosphoric acid groups is 1. The molecule has 4 aromatic rings. The fraction of sp³-hybridized carbons (Fsp3) is 0.120. The van der Waals surface area contributed by atoms with Crippen molar-refractivity contribution in [1.82, 2.24) is 9.97 Å². The Bertz CT molecular complexity index is 1610. The summed E-state index contributed by atoms with van der Waals surface area (Å²) in [4.78, 5) is 26.5. The molecule has 39 heavy (non-hydrogen) atoms. The van der Waals surface area contributed by atoms with Crippen LogP contribution in [0.2, 0.25) is 5.02 Å². The molecule has 2 aromatic carbocycles. The van der Waals surface area contributed by atoms with Gasteiger partial charge in [0.2, 0.25) is 0 Å². The minimum absolute atomic E-state index is 0.00374. The molecule has 0 amide bonds. The molecular weight excluding hydrogens is 581 g/mol. The summed E-state index contributed by atoms with van der Waals surface area (Å²) in [5.74, 6) is 0.839. The molecule has 0 fully saturated rings. The summed E-state index contributed by atoms with van der Waals surface area (Å²) in [5.41, 5.74) is 9.06. The topological polar surface area (TPSA) is 175 Å². The fourth-order valence-electron chi connectivity index (χ4n) is 3.47. The molecular formula is C25H19ClN5O5PS2. The van der Waals surface area contributed by atoms with Gasteiger partial charge in [0, 0.05) is 27.3 Å². The third-order valence-electron chi connectivity index (χ3n) is 5.17. The number of thioether (sulfide) groups is 1. The van der Waals surface area contributed by atoms with E-state index >= 15 is 0 Å². The largest absolute Gasteiger partial charge is 0.491 e. The number of thiazole rings is 1. The van der Waals surface area contributed by atoms with Crippen molar-refractivity contribution < 1.29 is 23.6 Å². The number of ether oxygens (including phenoxy) is 1. The highest BCUT2D eigenvalue weighted by Gasteiger charge is 2.21. The highest BCUT2D eigenvalue weighted by atomic mass is 35.5. The van der Waals surface area contributed by atoms with Crippen molar-refractivity contribution in [2.75, 3.05) is 18.9 Å². The molecule has 0 aliphatic carbocycles. The zero-order valence-corrected chi connectivity index (χ0v) is 23.2. The lowest BCUT2D eigenvalue weighted by Crippen LogP contribution is -2.05. The Labute approximate surface area is 236 Å². The molecule has 10 nitrogen and oxygen atoms in total. The van der Waals surface area contributed by atoms with E-state index in [0.29, 0.717) is 32.7 Å². The van der Waals surface area contributed by atoms with Crippen LogP contribution in [0.15, 0.2) is 58.9 Å². The molecule has 14 heteroatoms. The summed E-state index contributed by atoms with van der Waals surface area (Å²) < 4.78 is 20.5. The van der Waals surface area contributed by atoms with E-state index in [2.05, 4.69) is 20.6 Å². The smallest absolute Gasteiger partial charge is 0.469 e. The van der Waals surface area contributed by atoms with Crippen molar-refractivity contribution in [2.45, 2.75) is 10.8 Å². The average molecular weight is 600 g/mol. The number of aromatic nitrogens is 2. The van der Waals surface area contributed by atoms with Crippen LogP contribution in [0.4, 0.5) is 5.82 Å². The van der Waals surface area contributed by atoms with E-state index in [1.165, 1.54) is 23.1 Å². The lowest BCUT2D eigenvalue weighted by molar-refractivity contribution is 0.160. The van der Waals surface area contributed by atoms with Gasteiger partial charge in [-0.1, -0.05) is 47.6 Å². The number of nitrogens with zero attached hydrogens (tertiary/aromatic N) is 4. The number of nitrogen functional groups attached to an aromatic ring is 1. The summed E-state index contributed by atoms with van der Waals surface area (Å²) in [7, 11) is -4.57. The minimum atomic E-state index is -4.57. The van der Waals surface area contributed by atoms with Gasteiger partial charge in [-0.2, -0.15) is 10.5 Å². The van der Waals surface area contributed by atoms with Crippen LogP contribution in [0.5, 0.6) is 5.75 Å². The zero-order valence-electron chi connectivity index (χ0n) is 19.9. The van der Waals surface area contributed by atoms with Gasteiger partial charge in [-0.3, -0.25) is 4.52 Å². The molecule has 2 heterocycles. The number of nitriles is 2. The summed E-state index contributed by atoms with van der Waals surface area (Å²) in [6, 6.07) is 18.1. The minimum Gasteiger partial charge on any atom is -0.491 e. The molecule has 0 aliphatic rings. The van der Waals surface area contributed by atoms with Crippen LogP contribution in [-0.2, 0) is 14.8 Å². The number of phosphoric ester groups is 1. The van der Waals surface area contributed by atoms with Crippen LogP contribution in [0.3, 0.4) is 0 Å². The van der Waals surface area contributed by atoms with E-state index < -0.39 is 7.82 Å². The Morgan fingerprint density at radius 1 is 1.00 bits per heavy atom. The van der Waals surface area contributed by atoms with Gasteiger partial charge in [-0.15, -0.1) is 11.3 Å². The Balaban J connectivity index is 1.55. The average Bonchev–Trinajstić information content (AvgIpc) is 3.39. The van der Waals surface area contributed by atoms with Gasteiger partial charge in [0.15, 0.2) is 0 Å². The normalized spacial score (nSPS) is 11.1. The van der Waals surface area contributed by atoms with Crippen molar-refractivity contribution in [3.8, 4) is 39.6 Å². The Hall–Kier alpha value is -3.45. The Morgan fingerprint density at radius 2 is 1.67 bits per heavy atom. The van der Waals surface area contributed by atoms with Crippen LogP contribution < -0.4 is 10.5 Å². The van der Waals surface area contributed by atoms with Gasteiger partial charge in [-0.25, -0.2) is 14.5 Å². The van der Waals surface area contributed by atoms with E-state index in [4.69, 9.17) is 31.9 Å². The molecule has 198 valence electrons. The quantitative estimate of drug-likeness (QED) is 0.117. The van der Waals surface area contributed by atoms with Crippen molar-refractivity contribution in [2.24, 2.45) is 0 Å². The molecule has 4 rings (SSSR count).